The van der Waals surface area contributed by atoms with Gasteiger partial charge in [0.25, 0.3) is 0 Å². The molecule has 3 rings (SSSR count). The minimum absolute atomic E-state index is 0. The van der Waals surface area contributed by atoms with Gasteiger partial charge in [0, 0.05) is 33.9 Å². The van der Waals surface area contributed by atoms with Gasteiger partial charge in [0.05, 0.1) is 6.04 Å². The Morgan fingerprint density at radius 2 is 1.91 bits per heavy atom. The zero-order valence-corrected chi connectivity index (χ0v) is 15.7. The van der Waals surface area contributed by atoms with Crippen LogP contribution in [-0.4, -0.2) is 39.2 Å². The van der Waals surface area contributed by atoms with Crippen LogP contribution in [0.2, 0.25) is 0 Å². The topological polar surface area (TPSA) is 58.2 Å². The van der Waals surface area contributed by atoms with E-state index in [-0.39, 0.29) is 35.6 Å². The smallest absolute Gasteiger partial charge is 0.237 e. The number of hydrogen-bond acceptors (Lipinski definition) is 3. The van der Waals surface area contributed by atoms with Crippen LogP contribution in [0.1, 0.15) is 64.7 Å². The molecule has 134 valence electrons. The maximum Gasteiger partial charge on any atom is 0.237 e. The van der Waals surface area contributed by atoms with E-state index in [1.54, 1.807) is 0 Å². The molecule has 4 nitrogen and oxygen atoms in total. The van der Waals surface area contributed by atoms with Crippen molar-refractivity contribution < 1.29 is 9.00 Å². The first-order valence-electron chi connectivity index (χ1n) is 9.11. The summed E-state index contributed by atoms with van der Waals surface area (Å²) in [6.07, 6.45) is 10.2. The summed E-state index contributed by atoms with van der Waals surface area (Å²) in [5.74, 6) is 1.62. The molecule has 0 spiro atoms. The highest BCUT2D eigenvalue weighted by Crippen LogP contribution is 2.33. The highest BCUT2D eigenvalue weighted by atomic mass is 35.5. The van der Waals surface area contributed by atoms with Gasteiger partial charge in [0.15, 0.2) is 0 Å². The Balaban J connectivity index is 0.00000192. The molecule has 1 amide bonds. The molecule has 6 atom stereocenters. The van der Waals surface area contributed by atoms with E-state index in [0.717, 1.165) is 37.9 Å². The van der Waals surface area contributed by atoms with Crippen molar-refractivity contribution in [3.8, 4) is 0 Å². The summed E-state index contributed by atoms with van der Waals surface area (Å²) in [4.78, 5) is 12.6. The summed E-state index contributed by atoms with van der Waals surface area (Å²) in [6, 6.07) is 0.799. The summed E-state index contributed by atoms with van der Waals surface area (Å²) in [6.45, 7) is 1.99. The van der Waals surface area contributed by atoms with Gasteiger partial charge in [-0.3, -0.25) is 9.00 Å². The van der Waals surface area contributed by atoms with Gasteiger partial charge < -0.3 is 10.6 Å². The Morgan fingerprint density at radius 3 is 2.65 bits per heavy atom. The molecule has 3 aliphatic rings. The van der Waals surface area contributed by atoms with Crippen LogP contribution < -0.4 is 10.6 Å². The number of halogens is 1. The molecule has 1 heterocycles. The van der Waals surface area contributed by atoms with E-state index in [0.29, 0.717) is 12.0 Å². The predicted molar refractivity (Wildman–Crippen MR) is 97.4 cm³/mol. The Bertz CT molecular complexity index is 421. The van der Waals surface area contributed by atoms with Crippen molar-refractivity contribution in [2.24, 2.45) is 5.92 Å². The second kappa shape index (κ2) is 8.82. The Morgan fingerprint density at radius 1 is 1.13 bits per heavy atom. The minimum Gasteiger partial charge on any atom is -0.352 e. The summed E-state index contributed by atoms with van der Waals surface area (Å²) in [5.41, 5.74) is 0. The molecule has 2 N–H and O–H groups in total. The Kier molecular flexibility index (Phi) is 7.36. The van der Waals surface area contributed by atoms with Gasteiger partial charge >= 0.3 is 0 Å². The van der Waals surface area contributed by atoms with Crippen LogP contribution in [0.15, 0.2) is 0 Å². The van der Waals surface area contributed by atoms with Crippen molar-refractivity contribution >= 4 is 29.1 Å². The first-order valence-corrected chi connectivity index (χ1v) is 10.5. The van der Waals surface area contributed by atoms with Crippen LogP contribution >= 0.6 is 12.4 Å². The number of hydrogen-bond donors (Lipinski definition) is 2. The summed E-state index contributed by atoms with van der Waals surface area (Å²) in [7, 11) is -0.724. The lowest BCUT2D eigenvalue weighted by Crippen LogP contribution is -2.48. The monoisotopic (exact) mass is 362 g/mol. The summed E-state index contributed by atoms with van der Waals surface area (Å²) >= 11 is 0. The largest absolute Gasteiger partial charge is 0.352 e. The third-order valence-electron chi connectivity index (χ3n) is 5.81. The highest BCUT2D eigenvalue weighted by molar-refractivity contribution is 7.85. The molecule has 0 aromatic rings. The number of fused-ring (bicyclic) bond motifs is 1. The Hall–Kier alpha value is -0.130. The molecule has 6 heteroatoms. The van der Waals surface area contributed by atoms with Gasteiger partial charge in [-0.2, -0.15) is 0 Å². The van der Waals surface area contributed by atoms with E-state index in [2.05, 4.69) is 10.6 Å². The third-order valence-corrected chi connectivity index (χ3v) is 7.55. The maximum atomic E-state index is 12.6. The quantitative estimate of drug-likeness (QED) is 0.807. The van der Waals surface area contributed by atoms with Gasteiger partial charge in [0.2, 0.25) is 5.91 Å². The van der Waals surface area contributed by atoms with Crippen molar-refractivity contribution in [1.82, 2.24) is 10.6 Å². The van der Waals surface area contributed by atoms with E-state index in [1.165, 1.54) is 25.7 Å². The molecule has 2 saturated carbocycles. The zero-order chi connectivity index (χ0) is 15.5. The van der Waals surface area contributed by atoms with Crippen LogP contribution in [0.3, 0.4) is 0 Å². The third kappa shape index (κ3) is 4.70. The fourth-order valence-electron chi connectivity index (χ4n) is 4.57. The van der Waals surface area contributed by atoms with Gasteiger partial charge in [-0.25, -0.2) is 0 Å². The number of amides is 1. The number of nitrogens with one attached hydrogen (secondary N) is 2. The van der Waals surface area contributed by atoms with Crippen LogP contribution in [-0.2, 0) is 15.6 Å². The first kappa shape index (κ1) is 19.2. The van der Waals surface area contributed by atoms with Crippen molar-refractivity contribution in [1.29, 1.82) is 0 Å². The molecule has 1 saturated heterocycles. The lowest BCUT2D eigenvalue weighted by atomic mass is 9.85. The standard InChI is InChI=1S/C17H30N2O2S.ClH/c1-2-22(21)14-8-5-7-13(11-14)18-17(20)16-10-12-6-3-4-9-15(12)19-16;/h12-16,19H,2-11H2,1H3,(H,18,20);1H. The average Bonchev–Trinajstić information content (AvgIpc) is 2.98. The van der Waals surface area contributed by atoms with Gasteiger partial charge in [-0.15, -0.1) is 12.4 Å². The zero-order valence-electron chi connectivity index (χ0n) is 14.1. The molecular formula is C17H31ClN2O2S. The van der Waals surface area contributed by atoms with Crippen LogP contribution in [0.25, 0.3) is 0 Å². The second-order valence-electron chi connectivity index (χ2n) is 7.27. The second-order valence-corrected chi connectivity index (χ2v) is 9.28. The molecule has 0 aromatic heterocycles. The van der Waals surface area contributed by atoms with Gasteiger partial charge in [0.1, 0.15) is 0 Å². The normalized spacial score (nSPS) is 38.2. The van der Waals surface area contributed by atoms with E-state index in [4.69, 9.17) is 0 Å². The van der Waals surface area contributed by atoms with Gasteiger partial charge in [-0.05, 0) is 44.4 Å². The number of carbonyl (C=O) groups excluding carboxylic acids is 1. The minimum atomic E-state index is -0.724. The van der Waals surface area contributed by atoms with Crippen molar-refractivity contribution in [3.05, 3.63) is 0 Å². The van der Waals surface area contributed by atoms with Gasteiger partial charge in [-0.1, -0.05) is 26.2 Å². The first-order chi connectivity index (χ1) is 10.7. The van der Waals surface area contributed by atoms with Crippen molar-refractivity contribution in [2.75, 3.05) is 5.75 Å². The SMILES string of the molecule is CCS(=O)C1CCCC(NC(=O)C2CC3CCCCC3N2)C1.Cl. The van der Waals surface area contributed by atoms with Crippen LogP contribution in [0.5, 0.6) is 0 Å². The number of rotatable bonds is 4. The Labute approximate surface area is 148 Å². The fourth-order valence-corrected chi connectivity index (χ4v) is 5.92. The van der Waals surface area contributed by atoms with E-state index < -0.39 is 10.8 Å². The van der Waals surface area contributed by atoms with Crippen molar-refractivity contribution in [2.45, 2.75) is 88.1 Å². The fraction of sp³-hybridized carbons (Fsp3) is 0.941. The molecule has 0 bridgehead atoms. The molecule has 23 heavy (non-hydrogen) atoms. The molecular weight excluding hydrogens is 332 g/mol. The lowest BCUT2D eigenvalue weighted by molar-refractivity contribution is -0.123. The average molecular weight is 363 g/mol. The van der Waals surface area contributed by atoms with Crippen LogP contribution in [0.4, 0.5) is 0 Å². The molecule has 0 radical (unpaired) electrons. The van der Waals surface area contributed by atoms with E-state index in [1.807, 2.05) is 6.92 Å². The molecule has 6 unspecified atom stereocenters. The lowest BCUT2D eigenvalue weighted by Gasteiger charge is -2.30. The van der Waals surface area contributed by atoms with Crippen LogP contribution in [0, 0.1) is 5.92 Å². The van der Waals surface area contributed by atoms with E-state index in [9.17, 15) is 9.00 Å². The maximum absolute atomic E-state index is 12.6. The summed E-state index contributed by atoms with van der Waals surface area (Å²) in [5, 5.41) is 7.08. The highest BCUT2D eigenvalue weighted by Gasteiger charge is 2.39. The molecule has 1 aliphatic heterocycles. The van der Waals surface area contributed by atoms with Crippen molar-refractivity contribution in [3.63, 3.8) is 0 Å². The summed E-state index contributed by atoms with van der Waals surface area (Å²) < 4.78 is 12.0. The number of carbonyl (C=O) groups is 1. The molecule has 3 fully saturated rings. The van der Waals surface area contributed by atoms with E-state index >= 15 is 0 Å². The molecule has 2 aliphatic carbocycles. The predicted octanol–water partition coefficient (Wildman–Crippen LogP) is 2.52. The molecule has 0 aromatic carbocycles.